The maximum Gasteiger partial charge on any atom is 0.255 e. The number of carbonyl (C=O) groups excluding carboxylic acids is 1. The van der Waals surface area contributed by atoms with Gasteiger partial charge in [0, 0.05) is 23.9 Å². The highest BCUT2D eigenvalue weighted by atomic mass is 16.5. The van der Waals surface area contributed by atoms with Crippen LogP contribution in [0.2, 0.25) is 0 Å². The molecule has 2 rings (SSSR count). The van der Waals surface area contributed by atoms with Crippen molar-refractivity contribution in [3.63, 3.8) is 0 Å². The highest BCUT2D eigenvalue weighted by Gasteiger charge is 2.12. The molecule has 1 heterocycles. The van der Waals surface area contributed by atoms with Crippen molar-refractivity contribution in [3.05, 3.63) is 42.1 Å². The van der Waals surface area contributed by atoms with Crippen molar-refractivity contribution in [2.45, 2.75) is 26.3 Å². The second-order valence-electron chi connectivity index (χ2n) is 5.40. The van der Waals surface area contributed by atoms with E-state index in [4.69, 9.17) is 9.47 Å². The Bertz CT molecular complexity index is 704. The van der Waals surface area contributed by atoms with Gasteiger partial charge in [0.15, 0.2) is 0 Å². The van der Waals surface area contributed by atoms with E-state index in [1.165, 1.54) is 0 Å². The van der Waals surface area contributed by atoms with Crippen molar-refractivity contribution in [2.24, 2.45) is 0 Å². The van der Waals surface area contributed by atoms with E-state index in [2.05, 4.69) is 29.5 Å². The van der Waals surface area contributed by atoms with Gasteiger partial charge < -0.3 is 20.1 Å². The largest absolute Gasteiger partial charge is 0.497 e. The Morgan fingerprint density at radius 1 is 1.21 bits per heavy atom. The van der Waals surface area contributed by atoms with E-state index >= 15 is 0 Å². The van der Waals surface area contributed by atoms with Gasteiger partial charge >= 0.3 is 0 Å². The van der Waals surface area contributed by atoms with Crippen LogP contribution in [0.3, 0.4) is 0 Å². The molecule has 1 aromatic carbocycles. The van der Waals surface area contributed by atoms with Gasteiger partial charge in [-0.2, -0.15) is 0 Å². The Kier molecular flexibility index (Phi) is 6.01. The van der Waals surface area contributed by atoms with Crippen LogP contribution >= 0.6 is 0 Å². The van der Waals surface area contributed by atoms with Crippen LogP contribution in [-0.2, 0) is 0 Å². The molecule has 24 heavy (non-hydrogen) atoms. The van der Waals surface area contributed by atoms with Crippen molar-refractivity contribution >= 4 is 17.4 Å². The lowest BCUT2D eigenvalue weighted by molar-refractivity contribution is 0.102. The molecule has 0 aliphatic carbocycles. The number of ether oxygens (including phenoxy) is 2. The molecular formula is C18H23N3O3. The first-order valence-electron chi connectivity index (χ1n) is 7.83. The number of carbonyl (C=O) groups is 1. The number of amides is 1. The molecule has 1 atom stereocenters. The number of methoxy groups -OCH3 is 2. The number of nitrogens with one attached hydrogen (secondary N) is 2. The average Bonchev–Trinajstić information content (AvgIpc) is 2.62. The van der Waals surface area contributed by atoms with Gasteiger partial charge in [0.25, 0.3) is 5.91 Å². The van der Waals surface area contributed by atoms with Gasteiger partial charge in [-0.3, -0.25) is 4.79 Å². The van der Waals surface area contributed by atoms with Crippen molar-refractivity contribution in [1.82, 2.24) is 4.98 Å². The molecule has 2 N–H and O–H groups in total. The molecular weight excluding hydrogens is 306 g/mol. The van der Waals surface area contributed by atoms with E-state index in [0.717, 1.165) is 6.42 Å². The summed E-state index contributed by atoms with van der Waals surface area (Å²) < 4.78 is 10.5. The first-order chi connectivity index (χ1) is 11.6. The molecule has 0 saturated carbocycles. The number of nitrogens with zero attached hydrogens (tertiary/aromatic N) is 1. The number of hydrogen-bond acceptors (Lipinski definition) is 5. The molecule has 1 aromatic heterocycles. The van der Waals surface area contributed by atoms with Crippen molar-refractivity contribution in [1.29, 1.82) is 0 Å². The zero-order valence-electron chi connectivity index (χ0n) is 14.4. The van der Waals surface area contributed by atoms with Crippen LogP contribution in [0.5, 0.6) is 11.5 Å². The second-order valence-corrected chi connectivity index (χ2v) is 5.40. The minimum absolute atomic E-state index is 0.229. The summed E-state index contributed by atoms with van der Waals surface area (Å²) in [4.78, 5) is 16.7. The number of benzene rings is 1. The number of aromatic nitrogens is 1. The van der Waals surface area contributed by atoms with Gasteiger partial charge in [-0.1, -0.05) is 6.92 Å². The van der Waals surface area contributed by atoms with E-state index in [1.54, 1.807) is 50.7 Å². The first-order valence-corrected chi connectivity index (χ1v) is 7.83. The molecule has 2 aromatic rings. The molecule has 6 nitrogen and oxygen atoms in total. The van der Waals surface area contributed by atoms with E-state index < -0.39 is 0 Å². The van der Waals surface area contributed by atoms with E-state index in [-0.39, 0.29) is 11.9 Å². The fourth-order valence-electron chi connectivity index (χ4n) is 2.10. The van der Waals surface area contributed by atoms with Crippen LogP contribution in [0.15, 0.2) is 36.5 Å². The highest BCUT2D eigenvalue weighted by Crippen LogP contribution is 2.29. The van der Waals surface area contributed by atoms with Crippen LogP contribution < -0.4 is 20.1 Å². The summed E-state index contributed by atoms with van der Waals surface area (Å²) in [5, 5.41) is 6.10. The number of anilines is 2. The third-order valence-electron chi connectivity index (χ3n) is 3.69. The summed E-state index contributed by atoms with van der Waals surface area (Å²) in [5.41, 5.74) is 1.10. The number of pyridine rings is 1. The van der Waals surface area contributed by atoms with Crippen LogP contribution in [0.1, 0.15) is 30.6 Å². The van der Waals surface area contributed by atoms with E-state index in [0.29, 0.717) is 28.6 Å². The fraction of sp³-hybridized carbons (Fsp3) is 0.333. The Morgan fingerprint density at radius 2 is 2.00 bits per heavy atom. The fourth-order valence-corrected chi connectivity index (χ4v) is 2.10. The summed E-state index contributed by atoms with van der Waals surface area (Å²) >= 11 is 0. The lowest BCUT2D eigenvalue weighted by atomic mass is 10.2. The second kappa shape index (κ2) is 8.19. The summed E-state index contributed by atoms with van der Waals surface area (Å²) in [5.74, 6) is 1.65. The number of rotatable bonds is 7. The standard InChI is InChI=1S/C18H23N3O3/c1-5-12(2)20-17-10-13(8-9-19-17)18(22)21-15-7-6-14(23-3)11-16(15)24-4/h6-12H,5H2,1-4H3,(H,19,20)(H,21,22). The predicted molar refractivity (Wildman–Crippen MR) is 95.1 cm³/mol. The van der Waals surface area contributed by atoms with Gasteiger partial charge in [-0.25, -0.2) is 4.98 Å². The zero-order chi connectivity index (χ0) is 17.5. The summed E-state index contributed by atoms with van der Waals surface area (Å²) in [6, 6.07) is 8.93. The summed E-state index contributed by atoms with van der Waals surface area (Å²) in [6.07, 6.45) is 2.59. The first kappa shape index (κ1) is 17.6. The molecule has 0 bridgehead atoms. The molecule has 0 fully saturated rings. The Labute approximate surface area is 142 Å². The third-order valence-corrected chi connectivity index (χ3v) is 3.69. The van der Waals surface area contributed by atoms with Crippen molar-refractivity contribution in [2.75, 3.05) is 24.9 Å². The molecule has 6 heteroatoms. The van der Waals surface area contributed by atoms with Crippen molar-refractivity contribution < 1.29 is 14.3 Å². The Balaban J connectivity index is 2.16. The molecule has 0 aliphatic rings. The molecule has 0 aliphatic heterocycles. The topological polar surface area (TPSA) is 72.5 Å². The zero-order valence-corrected chi connectivity index (χ0v) is 14.4. The van der Waals surface area contributed by atoms with E-state index in [9.17, 15) is 4.79 Å². The minimum Gasteiger partial charge on any atom is -0.497 e. The van der Waals surface area contributed by atoms with Crippen LogP contribution in [0, 0.1) is 0 Å². The molecule has 0 radical (unpaired) electrons. The molecule has 1 unspecified atom stereocenters. The highest BCUT2D eigenvalue weighted by molar-refractivity contribution is 6.05. The molecule has 128 valence electrons. The van der Waals surface area contributed by atoms with Gasteiger partial charge in [-0.15, -0.1) is 0 Å². The lowest BCUT2D eigenvalue weighted by Crippen LogP contribution is -2.16. The quantitative estimate of drug-likeness (QED) is 0.812. The van der Waals surface area contributed by atoms with Crippen LogP contribution in [0.25, 0.3) is 0 Å². The lowest BCUT2D eigenvalue weighted by Gasteiger charge is -2.14. The van der Waals surface area contributed by atoms with Gasteiger partial charge in [0.1, 0.15) is 17.3 Å². The monoisotopic (exact) mass is 329 g/mol. The maximum absolute atomic E-state index is 12.5. The van der Waals surface area contributed by atoms with Crippen LogP contribution in [-0.4, -0.2) is 31.2 Å². The third kappa shape index (κ3) is 4.38. The molecule has 1 amide bonds. The smallest absolute Gasteiger partial charge is 0.255 e. The normalized spacial score (nSPS) is 11.5. The predicted octanol–water partition coefficient (Wildman–Crippen LogP) is 3.56. The van der Waals surface area contributed by atoms with Gasteiger partial charge in [-0.05, 0) is 37.6 Å². The van der Waals surface area contributed by atoms with Gasteiger partial charge in [0.2, 0.25) is 0 Å². The van der Waals surface area contributed by atoms with E-state index in [1.807, 2.05) is 0 Å². The van der Waals surface area contributed by atoms with Crippen LogP contribution in [0.4, 0.5) is 11.5 Å². The Hall–Kier alpha value is -2.76. The Morgan fingerprint density at radius 3 is 2.67 bits per heavy atom. The summed E-state index contributed by atoms with van der Waals surface area (Å²) in [6.45, 7) is 4.15. The summed E-state index contributed by atoms with van der Waals surface area (Å²) in [7, 11) is 3.13. The SMILES string of the molecule is CCC(C)Nc1cc(C(=O)Nc2ccc(OC)cc2OC)ccn1. The maximum atomic E-state index is 12.5. The van der Waals surface area contributed by atoms with Crippen molar-refractivity contribution in [3.8, 4) is 11.5 Å². The minimum atomic E-state index is -0.229. The number of hydrogen-bond donors (Lipinski definition) is 2. The average molecular weight is 329 g/mol. The molecule has 0 spiro atoms. The molecule has 0 saturated heterocycles. The van der Waals surface area contributed by atoms with Gasteiger partial charge in [0.05, 0.1) is 19.9 Å².